The number of amides is 2. The summed E-state index contributed by atoms with van der Waals surface area (Å²) in [5.74, 6) is -0.577. The number of rotatable bonds is 6. The minimum Gasteiger partial charge on any atom is -0.391 e. The van der Waals surface area contributed by atoms with Gasteiger partial charge in [0.05, 0.1) is 18.2 Å². The van der Waals surface area contributed by atoms with Gasteiger partial charge in [-0.3, -0.25) is 9.59 Å². The number of halogens is 1. The van der Waals surface area contributed by atoms with Crippen molar-refractivity contribution in [2.24, 2.45) is 5.92 Å². The molecule has 0 fully saturated rings. The Balaban J connectivity index is 2.38. The molecule has 0 spiro atoms. The lowest BCUT2D eigenvalue weighted by molar-refractivity contribution is -0.120. The van der Waals surface area contributed by atoms with Gasteiger partial charge in [-0.15, -0.1) is 0 Å². The summed E-state index contributed by atoms with van der Waals surface area (Å²) in [7, 11) is 0. The summed E-state index contributed by atoms with van der Waals surface area (Å²) in [6.45, 7) is 3.80. The first-order chi connectivity index (χ1) is 9.41. The molecule has 2 amide bonds. The molecular formula is C14H19BrN2O3. The number of hydrogen-bond donors (Lipinski definition) is 3. The van der Waals surface area contributed by atoms with Gasteiger partial charge in [0.2, 0.25) is 5.91 Å². The van der Waals surface area contributed by atoms with Crippen LogP contribution in [0, 0.1) is 5.92 Å². The summed E-state index contributed by atoms with van der Waals surface area (Å²) >= 11 is 3.28. The molecule has 0 radical (unpaired) electrons. The van der Waals surface area contributed by atoms with Crippen molar-refractivity contribution in [1.82, 2.24) is 10.6 Å². The van der Waals surface area contributed by atoms with Crippen LogP contribution in [0.4, 0.5) is 0 Å². The summed E-state index contributed by atoms with van der Waals surface area (Å²) in [4.78, 5) is 23.4. The molecule has 1 unspecified atom stereocenters. The molecule has 0 aliphatic heterocycles. The van der Waals surface area contributed by atoms with Crippen LogP contribution < -0.4 is 10.6 Å². The molecule has 0 bridgehead atoms. The molecular weight excluding hydrogens is 324 g/mol. The fraction of sp³-hybridized carbons (Fsp3) is 0.429. The smallest absolute Gasteiger partial charge is 0.252 e. The van der Waals surface area contributed by atoms with Crippen molar-refractivity contribution in [3.63, 3.8) is 0 Å². The molecule has 0 aliphatic carbocycles. The Morgan fingerprint density at radius 3 is 2.50 bits per heavy atom. The Hall–Kier alpha value is -1.40. The molecule has 1 aromatic carbocycles. The molecule has 1 rings (SSSR count). The molecule has 3 N–H and O–H groups in total. The molecule has 1 atom stereocenters. The second kappa shape index (κ2) is 8.01. The van der Waals surface area contributed by atoms with Crippen LogP contribution in [0.15, 0.2) is 28.7 Å². The van der Waals surface area contributed by atoms with E-state index in [2.05, 4.69) is 26.6 Å². The van der Waals surface area contributed by atoms with Gasteiger partial charge in [-0.05, 0) is 34.0 Å². The predicted molar refractivity (Wildman–Crippen MR) is 80.3 cm³/mol. The Morgan fingerprint density at radius 1 is 1.25 bits per heavy atom. The Bertz CT molecular complexity index is 477. The average Bonchev–Trinajstić information content (AvgIpc) is 2.42. The Kier molecular flexibility index (Phi) is 6.67. The van der Waals surface area contributed by atoms with E-state index in [9.17, 15) is 14.7 Å². The van der Waals surface area contributed by atoms with Gasteiger partial charge in [0.1, 0.15) is 0 Å². The average molecular weight is 343 g/mol. The van der Waals surface area contributed by atoms with Crippen LogP contribution in [-0.2, 0) is 4.79 Å². The minimum absolute atomic E-state index is 0.0742. The first kappa shape index (κ1) is 16.7. The second-order valence-electron chi connectivity index (χ2n) is 4.78. The summed E-state index contributed by atoms with van der Waals surface area (Å²) in [6.07, 6.45) is -0.585. The summed E-state index contributed by atoms with van der Waals surface area (Å²) in [5.41, 5.74) is 0.475. The fourth-order valence-corrected chi connectivity index (χ4v) is 1.88. The van der Waals surface area contributed by atoms with Gasteiger partial charge >= 0.3 is 0 Å². The highest BCUT2D eigenvalue weighted by molar-refractivity contribution is 9.10. The maximum Gasteiger partial charge on any atom is 0.252 e. The third-order valence-electron chi connectivity index (χ3n) is 2.81. The predicted octanol–water partition coefficient (Wildman–Crippen LogP) is 1.31. The lowest BCUT2D eigenvalue weighted by Gasteiger charge is -2.15. The summed E-state index contributed by atoms with van der Waals surface area (Å²) < 4.78 is 0.674. The van der Waals surface area contributed by atoms with E-state index < -0.39 is 6.10 Å². The Labute approximate surface area is 126 Å². The topological polar surface area (TPSA) is 78.4 Å². The molecule has 1 aromatic rings. The van der Waals surface area contributed by atoms with E-state index in [0.717, 1.165) is 0 Å². The van der Waals surface area contributed by atoms with E-state index in [1.165, 1.54) is 0 Å². The number of hydrogen-bond acceptors (Lipinski definition) is 3. The maximum atomic E-state index is 11.8. The Morgan fingerprint density at radius 2 is 1.90 bits per heavy atom. The van der Waals surface area contributed by atoms with Gasteiger partial charge in [-0.25, -0.2) is 0 Å². The highest BCUT2D eigenvalue weighted by Crippen LogP contribution is 2.15. The number of carbonyl (C=O) groups is 2. The van der Waals surface area contributed by atoms with Gasteiger partial charge < -0.3 is 15.7 Å². The van der Waals surface area contributed by atoms with E-state index in [1.54, 1.807) is 24.3 Å². The van der Waals surface area contributed by atoms with Crippen molar-refractivity contribution in [2.45, 2.75) is 20.0 Å². The van der Waals surface area contributed by atoms with E-state index in [1.807, 2.05) is 13.8 Å². The molecule has 0 saturated heterocycles. The lowest BCUT2D eigenvalue weighted by Crippen LogP contribution is -2.41. The third-order valence-corrected chi connectivity index (χ3v) is 3.50. The van der Waals surface area contributed by atoms with Crippen molar-refractivity contribution >= 4 is 27.7 Å². The van der Waals surface area contributed by atoms with Crippen LogP contribution in [0.25, 0.3) is 0 Å². The van der Waals surface area contributed by atoms with Crippen molar-refractivity contribution in [2.75, 3.05) is 13.1 Å². The van der Waals surface area contributed by atoms with Crippen molar-refractivity contribution in [3.05, 3.63) is 34.3 Å². The van der Waals surface area contributed by atoms with Gasteiger partial charge in [-0.2, -0.15) is 0 Å². The van der Waals surface area contributed by atoms with Crippen LogP contribution in [0.5, 0.6) is 0 Å². The maximum absolute atomic E-state index is 11.8. The highest BCUT2D eigenvalue weighted by atomic mass is 79.9. The SMILES string of the molecule is CC(C)C(O)CNC(=O)CNC(=O)c1ccccc1Br. The number of benzene rings is 1. The molecule has 5 nitrogen and oxygen atoms in total. The quantitative estimate of drug-likeness (QED) is 0.729. The molecule has 20 heavy (non-hydrogen) atoms. The van der Waals surface area contributed by atoms with E-state index in [4.69, 9.17) is 0 Å². The largest absolute Gasteiger partial charge is 0.391 e. The third kappa shape index (κ3) is 5.30. The molecule has 0 aromatic heterocycles. The standard InChI is InChI=1S/C14H19BrN2O3/c1-9(2)12(18)7-16-13(19)8-17-14(20)10-5-3-4-6-11(10)15/h3-6,9,12,18H,7-8H2,1-2H3,(H,16,19)(H,17,20). The fourth-order valence-electron chi connectivity index (χ4n) is 1.42. The van der Waals surface area contributed by atoms with Gasteiger partial charge in [0, 0.05) is 11.0 Å². The number of carbonyl (C=O) groups excluding carboxylic acids is 2. The van der Waals surface area contributed by atoms with Crippen molar-refractivity contribution in [3.8, 4) is 0 Å². The van der Waals surface area contributed by atoms with E-state index in [-0.39, 0.29) is 30.8 Å². The lowest BCUT2D eigenvalue weighted by atomic mass is 10.1. The summed E-state index contributed by atoms with van der Waals surface area (Å²) in [5, 5.41) is 14.7. The summed E-state index contributed by atoms with van der Waals surface area (Å²) in [6, 6.07) is 6.98. The van der Waals surface area contributed by atoms with E-state index in [0.29, 0.717) is 10.0 Å². The van der Waals surface area contributed by atoms with Gasteiger partial charge in [0.25, 0.3) is 5.91 Å². The van der Waals surface area contributed by atoms with Crippen molar-refractivity contribution < 1.29 is 14.7 Å². The van der Waals surface area contributed by atoms with Crippen LogP contribution in [0.1, 0.15) is 24.2 Å². The number of nitrogens with one attached hydrogen (secondary N) is 2. The molecule has 0 saturated carbocycles. The zero-order chi connectivity index (χ0) is 15.1. The van der Waals surface area contributed by atoms with E-state index >= 15 is 0 Å². The first-order valence-corrected chi connectivity index (χ1v) is 7.18. The van der Waals surface area contributed by atoms with Crippen LogP contribution in [0.2, 0.25) is 0 Å². The molecule has 0 aliphatic rings. The van der Waals surface area contributed by atoms with Gasteiger partial charge in [-0.1, -0.05) is 26.0 Å². The first-order valence-electron chi connectivity index (χ1n) is 6.39. The van der Waals surface area contributed by atoms with Crippen molar-refractivity contribution in [1.29, 1.82) is 0 Å². The van der Waals surface area contributed by atoms with Crippen LogP contribution >= 0.6 is 15.9 Å². The number of aliphatic hydroxyl groups is 1. The molecule has 6 heteroatoms. The zero-order valence-corrected chi connectivity index (χ0v) is 13.1. The monoisotopic (exact) mass is 342 g/mol. The highest BCUT2D eigenvalue weighted by Gasteiger charge is 2.13. The molecule has 0 heterocycles. The zero-order valence-electron chi connectivity index (χ0n) is 11.5. The molecule has 110 valence electrons. The van der Waals surface area contributed by atoms with Crippen LogP contribution in [-0.4, -0.2) is 36.1 Å². The normalized spacial score (nSPS) is 12.1. The number of aliphatic hydroxyl groups excluding tert-OH is 1. The van der Waals surface area contributed by atoms with Gasteiger partial charge in [0.15, 0.2) is 0 Å². The van der Waals surface area contributed by atoms with Crippen LogP contribution in [0.3, 0.4) is 0 Å². The minimum atomic E-state index is -0.585. The second-order valence-corrected chi connectivity index (χ2v) is 5.63.